The molecule has 2 atom stereocenters. The van der Waals surface area contributed by atoms with Gasteiger partial charge in [0.05, 0.1) is 13.2 Å². The number of carbonyl (C=O) groups is 4. The Bertz CT molecular complexity index is 798. The lowest BCUT2D eigenvalue weighted by molar-refractivity contribution is -0.147. The molecule has 0 bridgehead atoms. The van der Waals surface area contributed by atoms with Crippen LogP contribution < -0.4 is 10.6 Å². The SMILES string of the molecule is CCCCC/C=C\C/C=C\C(CCCCCCC(=O)NCC(=O)NC(CO)C(=O)O)OC(=O)CCCCCCCCCC. The predicted molar refractivity (Wildman–Crippen MR) is 172 cm³/mol. The Morgan fingerprint density at radius 2 is 1.33 bits per heavy atom. The van der Waals surface area contributed by atoms with Gasteiger partial charge in [0, 0.05) is 12.8 Å². The maximum Gasteiger partial charge on any atom is 0.328 e. The van der Waals surface area contributed by atoms with Crippen LogP contribution in [0.25, 0.3) is 0 Å². The maximum atomic E-state index is 12.5. The van der Waals surface area contributed by atoms with E-state index in [0.717, 1.165) is 51.4 Å². The molecule has 0 aliphatic heterocycles. The summed E-state index contributed by atoms with van der Waals surface area (Å²) in [6, 6.07) is -1.39. The van der Waals surface area contributed by atoms with Gasteiger partial charge < -0.3 is 25.6 Å². The Morgan fingerprint density at radius 1 is 0.721 bits per heavy atom. The molecule has 0 rings (SSSR count). The first-order valence-corrected chi connectivity index (χ1v) is 16.7. The molecule has 0 aromatic rings. The van der Waals surface area contributed by atoms with Crippen LogP contribution >= 0.6 is 0 Å². The summed E-state index contributed by atoms with van der Waals surface area (Å²) in [7, 11) is 0. The standard InChI is InChI=1S/C34H60N2O7/c1-3-5-7-9-11-13-15-19-23-29(43-33(40)26-22-16-14-12-10-8-6-4-2)24-20-17-18-21-25-31(38)35-27-32(39)36-30(28-37)34(41)42/h11,13,19,23,29-30,37H,3-10,12,14-18,20-22,24-28H2,1-2H3,(H,35,38)(H,36,39)(H,41,42)/b13-11-,23-19-. The lowest BCUT2D eigenvalue weighted by atomic mass is 10.1. The fourth-order valence-corrected chi connectivity index (χ4v) is 4.54. The van der Waals surface area contributed by atoms with Gasteiger partial charge in [-0.25, -0.2) is 4.79 Å². The number of aliphatic hydroxyl groups is 1. The molecule has 0 aliphatic rings. The van der Waals surface area contributed by atoms with Crippen LogP contribution in [0, 0.1) is 0 Å². The smallest absolute Gasteiger partial charge is 0.328 e. The molecule has 0 aliphatic carbocycles. The van der Waals surface area contributed by atoms with Crippen molar-refractivity contribution in [3.05, 3.63) is 24.3 Å². The molecular formula is C34H60N2O7. The van der Waals surface area contributed by atoms with Crippen molar-refractivity contribution in [3.8, 4) is 0 Å². The van der Waals surface area contributed by atoms with E-state index in [9.17, 15) is 19.2 Å². The van der Waals surface area contributed by atoms with E-state index >= 15 is 0 Å². The molecule has 0 aromatic carbocycles. The minimum Gasteiger partial charge on any atom is -0.480 e. The molecule has 43 heavy (non-hydrogen) atoms. The first-order chi connectivity index (χ1) is 20.8. The van der Waals surface area contributed by atoms with Crippen LogP contribution in [0.5, 0.6) is 0 Å². The van der Waals surface area contributed by atoms with Crippen LogP contribution in [0.3, 0.4) is 0 Å². The number of rotatable bonds is 29. The number of aliphatic hydroxyl groups excluding tert-OH is 1. The quantitative estimate of drug-likeness (QED) is 0.0430. The third-order valence-electron chi connectivity index (χ3n) is 7.19. The molecule has 0 radical (unpaired) electrons. The van der Waals surface area contributed by atoms with Crippen molar-refractivity contribution in [1.29, 1.82) is 0 Å². The maximum absolute atomic E-state index is 12.5. The van der Waals surface area contributed by atoms with Crippen LogP contribution in [0.15, 0.2) is 24.3 Å². The van der Waals surface area contributed by atoms with Crippen molar-refractivity contribution in [3.63, 3.8) is 0 Å². The number of nitrogens with one attached hydrogen (secondary N) is 2. The van der Waals surface area contributed by atoms with E-state index in [4.69, 9.17) is 14.9 Å². The van der Waals surface area contributed by atoms with Crippen molar-refractivity contribution >= 4 is 23.8 Å². The number of amides is 2. The highest BCUT2D eigenvalue weighted by Crippen LogP contribution is 2.14. The molecule has 0 aromatic heterocycles. The zero-order chi connectivity index (χ0) is 32.0. The Morgan fingerprint density at radius 3 is 1.98 bits per heavy atom. The van der Waals surface area contributed by atoms with Gasteiger partial charge in [-0.05, 0) is 51.0 Å². The molecule has 2 unspecified atom stereocenters. The van der Waals surface area contributed by atoms with E-state index < -0.39 is 24.5 Å². The van der Waals surface area contributed by atoms with E-state index in [1.807, 2.05) is 6.08 Å². The van der Waals surface area contributed by atoms with Gasteiger partial charge in [0.25, 0.3) is 0 Å². The average molecular weight is 609 g/mol. The third-order valence-corrected chi connectivity index (χ3v) is 7.19. The van der Waals surface area contributed by atoms with Crippen LogP contribution in [0.1, 0.15) is 142 Å². The van der Waals surface area contributed by atoms with Gasteiger partial charge >= 0.3 is 11.9 Å². The number of carbonyl (C=O) groups excluding carboxylic acids is 3. The fraction of sp³-hybridized carbons (Fsp3) is 0.765. The number of carboxylic acids is 1. The first kappa shape index (κ1) is 40.3. The van der Waals surface area contributed by atoms with Crippen LogP contribution in [-0.2, 0) is 23.9 Å². The van der Waals surface area contributed by atoms with E-state index in [-0.39, 0.29) is 30.9 Å². The monoisotopic (exact) mass is 608 g/mol. The van der Waals surface area contributed by atoms with E-state index in [0.29, 0.717) is 12.8 Å². The Balaban J connectivity index is 4.38. The summed E-state index contributed by atoms with van der Waals surface area (Å²) in [4.78, 5) is 47.1. The number of hydrogen-bond acceptors (Lipinski definition) is 6. The van der Waals surface area contributed by atoms with Crippen molar-refractivity contribution in [1.82, 2.24) is 10.6 Å². The number of unbranched alkanes of at least 4 members (excludes halogenated alkanes) is 13. The van der Waals surface area contributed by atoms with Crippen molar-refractivity contribution in [2.24, 2.45) is 0 Å². The van der Waals surface area contributed by atoms with E-state index in [1.54, 1.807) is 0 Å². The number of hydrogen-bond donors (Lipinski definition) is 4. The number of ether oxygens (including phenoxy) is 1. The highest BCUT2D eigenvalue weighted by Gasteiger charge is 2.18. The highest BCUT2D eigenvalue weighted by atomic mass is 16.5. The molecule has 0 saturated carbocycles. The summed E-state index contributed by atoms with van der Waals surface area (Å²) in [6.45, 7) is 3.36. The fourth-order valence-electron chi connectivity index (χ4n) is 4.54. The second-order valence-corrected chi connectivity index (χ2v) is 11.3. The lowest BCUT2D eigenvalue weighted by Gasteiger charge is -2.15. The molecule has 0 heterocycles. The van der Waals surface area contributed by atoms with Gasteiger partial charge in [-0.2, -0.15) is 0 Å². The molecule has 9 heteroatoms. The minimum atomic E-state index is -1.39. The summed E-state index contributed by atoms with van der Waals surface area (Å²) >= 11 is 0. The Labute approximate surface area is 260 Å². The third kappa shape index (κ3) is 26.7. The zero-order valence-corrected chi connectivity index (χ0v) is 27.0. The van der Waals surface area contributed by atoms with Crippen LogP contribution in [0.4, 0.5) is 0 Å². The molecule has 248 valence electrons. The van der Waals surface area contributed by atoms with Gasteiger partial charge in [0.2, 0.25) is 11.8 Å². The molecule has 9 nitrogen and oxygen atoms in total. The second kappa shape index (κ2) is 29.4. The summed E-state index contributed by atoms with van der Waals surface area (Å²) < 4.78 is 5.82. The van der Waals surface area contributed by atoms with Gasteiger partial charge in [-0.1, -0.05) is 103 Å². The van der Waals surface area contributed by atoms with Crippen LogP contribution in [0.2, 0.25) is 0 Å². The van der Waals surface area contributed by atoms with Gasteiger partial charge in [-0.15, -0.1) is 0 Å². The van der Waals surface area contributed by atoms with E-state index in [2.05, 4.69) is 42.7 Å². The van der Waals surface area contributed by atoms with E-state index in [1.165, 1.54) is 57.8 Å². The molecule has 0 spiro atoms. The van der Waals surface area contributed by atoms with Gasteiger partial charge in [-0.3, -0.25) is 14.4 Å². The topological polar surface area (TPSA) is 142 Å². The average Bonchev–Trinajstić information content (AvgIpc) is 2.98. The number of esters is 1. The Hall–Kier alpha value is -2.68. The summed E-state index contributed by atoms with van der Waals surface area (Å²) in [5, 5.41) is 22.4. The second-order valence-electron chi connectivity index (χ2n) is 11.3. The zero-order valence-electron chi connectivity index (χ0n) is 27.0. The summed E-state index contributed by atoms with van der Waals surface area (Å²) in [5.74, 6) is -2.43. The van der Waals surface area contributed by atoms with Crippen LogP contribution in [-0.4, -0.2) is 59.3 Å². The van der Waals surface area contributed by atoms with Crippen molar-refractivity contribution in [2.75, 3.05) is 13.2 Å². The summed E-state index contributed by atoms with van der Waals surface area (Å²) in [6.07, 6.45) is 28.0. The number of carboxylic acid groups (broad SMARTS) is 1. The largest absolute Gasteiger partial charge is 0.480 e. The lowest BCUT2D eigenvalue weighted by Crippen LogP contribution is -2.47. The molecule has 2 amide bonds. The first-order valence-electron chi connectivity index (χ1n) is 16.7. The summed E-state index contributed by atoms with van der Waals surface area (Å²) in [5.41, 5.74) is 0. The molecule has 4 N–H and O–H groups in total. The highest BCUT2D eigenvalue weighted by molar-refractivity contribution is 5.87. The van der Waals surface area contributed by atoms with Gasteiger partial charge in [0.1, 0.15) is 12.1 Å². The molecule has 0 saturated heterocycles. The van der Waals surface area contributed by atoms with Crippen molar-refractivity contribution < 1.29 is 34.1 Å². The van der Waals surface area contributed by atoms with Gasteiger partial charge in [0.15, 0.2) is 0 Å². The minimum absolute atomic E-state index is 0.134. The Kier molecular flexibility index (Phi) is 27.6. The molecular weight excluding hydrogens is 548 g/mol. The number of aliphatic carboxylic acids is 1. The number of allylic oxidation sites excluding steroid dienone is 3. The normalized spacial score (nSPS) is 12.8. The van der Waals surface area contributed by atoms with Crippen molar-refractivity contribution in [2.45, 2.75) is 154 Å². The molecule has 0 fully saturated rings. The predicted octanol–water partition coefficient (Wildman–Crippen LogP) is 6.53.